The number of rotatable bonds is 3. The zero-order chi connectivity index (χ0) is 12.3. The molecule has 0 amide bonds. The van der Waals surface area contributed by atoms with Crippen molar-refractivity contribution < 1.29 is 0 Å². The van der Waals surface area contributed by atoms with Crippen LogP contribution < -0.4 is 5.32 Å². The van der Waals surface area contributed by atoms with Crippen LogP contribution in [0.15, 0.2) is 46.9 Å². The standard InChI is InChI=1S/C14H13BrClN/c1-10-8-13(6-7-14(10)15)17-9-11-2-4-12(16)5-3-11/h2-8,17H,9H2,1H3. The molecule has 3 heteroatoms. The third-order valence-electron chi connectivity index (χ3n) is 2.57. The molecule has 0 bridgehead atoms. The largest absolute Gasteiger partial charge is 0.381 e. The maximum atomic E-state index is 5.84. The predicted molar refractivity (Wildman–Crippen MR) is 77.7 cm³/mol. The molecule has 0 heterocycles. The molecule has 0 atom stereocenters. The van der Waals surface area contributed by atoms with Gasteiger partial charge in [-0.15, -0.1) is 0 Å². The number of benzene rings is 2. The number of hydrogen-bond acceptors (Lipinski definition) is 1. The summed E-state index contributed by atoms with van der Waals surface area (Å²) in [4.78, 5) is 0. The van der Waals surface area contributed by atoms with Gasteiger partial charge >= 0.3 is 0 Å². The number of hydrogen-bond donors (Lipinski definition) is 1. The van der Waals surface area contributed by atoms with E-state index in [9.17, 15) is 0 Å². The Kier molecular flexibility index (Phi) is 4.08. The minimum Gasteiger partial charge on any atom is -0.381 e. The van der Waals surface area contributed by atoms with Gasteiger partial charge in [-0.3, -0.25) is 0 Å². The molecule has 0 unspecified atom stereocenters. The van der Waals surface area contributed by atoms with Crippen molar-refractivity contribution in [3.63, 3.8) is 0 Å². The molecule has 0 aromatic heterocycles. The average molecular weight is 311 g/mol. The van der Waals surface area contributed by atoms with Gasteiger partial charge in [-0.1, -0.05) is 39.7 Å². The molecule has 0 saturated heterocycles. The molecular formula is C14H13BrClN. The van der Waals surface area contributed by atoms with Crippen LogP contribution >= 0.6 is 27.5 Å². The molecule has 2 aromatic carbocycles. The fourth-order valence-electron chi connectivity index (χ4n) is 1.56. The summed E-state index contributed by atoms with van der Waals surface area (Å²) in [6.07, 6.45) is 0. The monoisotopic (exact) mass is 309 g/mol. The molecule has 0 spiro atoms. The van der Waals surface area contributed by atoms with Crippen LogP contribution in [0.1, 0.15) is 11.1 Å². The van der Waals surface area contributed by atoms with Crippen LogP contribution in [0.2, 0.25) is 5.02 Å². The highest BCUT2D eigenvalue weighted by Gasteiger charge is 1.97. The van der Waals surface area contributed by atoms with E-state index in [4.69, 9.17) is 11.6 Å². The van der Waals surface area contributed by atoms with Crippen LogP contribution in [-0.4, -0.2) is 0 Å². The third-order valence-corrected chi connectivity index (χ3v) is 3.71. The topological polar surface area (TPSA) is 12.0 Å². The molecule has 1 nitrogen and oxygen atoms in total. The molecule has 0 radical (unpaired) electrons. The van der Waals surface area contributed by atoms with Crippen molar-refractivity contribution in [1.82, 2.24) is 0 Å². The smallest absolute Gasteiger partial charge is 0.0406 e. The lowest BCUT2D eigenvalue weighted by molar-refractivity contribution is 1.15. The minimum atomic E-state index is 0.772. The van der Waals surface area contributed by atoms with E-state index in [1.165, 1.54) is 11.1 Å². The van der Waals surface area contributed by atoms with Crippen LogP contribution in [0.5, 0.6) is 0 Å². The zero-order valence-electron chi connectivity index (χ0n) is 9.50. The molecule has 0 aliphatic rings. The van der Waals surface area contributed by atoms with Crippen LogP contribution in [0.4, 0.5) is 5.69 Å². The van der Waals surface area contributed by atoms with Crippen LogP contribution in [0, 0.1) is 6.92 Å². The van der Waals surface area contributed by atoms with Crippen molar-refractivity contribution in [2.75, 3.05) is 5.32 Å². The van der Waals surface area contributed by atoms with Gasteiger partial charge in [-0.05, 0) is 48.4 Å². The molecular weight excluding hydrogens is 298 g/mol. The van der Waals surface area contributed by atoms with E-state index < -0.39 is 0 Å². The summed E-state index contributed by atoms with van der Waals surface area (Å²) < 4.78 is 1.13. The van der Waals surface area contributed by atoms with Gasteiger partial charge in [0.05, 0.1) is 0 Å². The fourth-order valence-corrected chi connectivity index (χ4v) is 1.93. The van der Waals surface area contributed by atoms with Gasteiger partial charge in [0.1, 0.15) is 0 Å². The van der Waals surface area contributed by atoms with Crippen molar-refractivity contribution in [2.45, 2.75) is 13.5 Å². The third kappa shape index (κ3) is 3.48. The molecule has 2 aromatic rings. The number of aryl methyl sites for hydroxylation is 1. The molecule has 0 aliphatic heterocycles. The lowest BCUT2D eigenvalue weighted by atomic mass is 10.2. The first-order valence-electron chi connectivity index (χ1n) is 5.39. The SMILES string of the molecule is Cc1cc(NCc2ccc(Cl)cc2)ccc1Br. The number of anilines is 1. The van der Waals surface area contributed by atoms with E-state index in [1.807, 2.05) is 24.3 Å². The average Bonchev–Trinajstić information content (AvgIpc) is 2.33. The van der Waals surface area contributed by atoms with Gasteiger partial charge in [-0.2, -0.15) is 0 Å². The number of nitrogens with one attached hydrogen (secondary N) is 1. The quantitative estimate of drug-likeness (QED) is 0.839. The second-order valence-corrected chi connectivity index (χ2v) is 5.23. The molecule has 88 valence electrons. The van der Waals surface area contributed by atoms with E-state index >= 15 is 0 Å². The summed E-state index contributed by atoms with van der Waals surface area (Å²) in [5.41, 5.74) is 3.57. The Morgan fingerprint density at radius 3 is 2.47 bits per heavy atom. The van der Waals surface area contributed by atoms with E-state index in [1.54, 1.807) is 0 Å². The second-order valence-electron chi connectivity index (χ2n) is 3.94. The highest BCUT2D eigenvalue weighted by molar-refractivity contribution is 9.10. The van der Waals surface area contributed by atoms with Crippen molar-refractivity contribution in [2.24, 2.45) is 0 Å². The molecule has 2 rings (SSSR count). The maximum Gasteiger partial charge on any atom is 0.0406 e. The van der Waals surface area contributed by atoms with Gasteiger partial charge < -0.3 is 5.32 Å². The minimum absolute atomic E-state index is 0.772. The Bertz CT molecular complexity index is 508. The fraction of sp³-hybridized carbons (Fsp3) is 0.143. The Balaban J connectivity index is 2.02. The highest BCUT2D eigenvalue weighted by atomic mass is 79.9. The highest BCUT2D eigenvalue weighted by Crippen LogP contribution is 2.20. The van der Waals surface area contributed by atoms with Crippen molar-refractivity contribution in [3.8, 4) is 0 Å². The Hall–Kier alpha value is -0.990. The summed E-state index contributed by atoms with van der Waals surface area (Å²) in [6, 6.07) is 14.1. The molecule has 0 saturated carbocycles. The summed E-state index contributed by atoms with van der Waals surface area (Å²) in [5, 5.41) is 4.16. The normalized spacial score (nSPS) is 10.3. The van der Waals surface area contributed by atoms with Gasteiger partial charge in [-0.25, -0.2) is 0 Å². The first kappa shape index (κ1) is 12.5. The Morgan fingerprint density at radius 2 is 1.82 bits per heavy atom. The first-order chi connectivity index (χ1) is 8.15. The predicted octanol–water partition coefficient (Wildman–Crippen LogP) is 5.02. The summed E-state index contributed by atoms with van der Waals surface area (Å²) in [5.74, 6) is 0. The van der Waals surface area contributed by atoms with Gasteiger partial charge in [0.25, 0.3) is 0 Å². The summed E-state index contributed by atoms with van der Waals surface area (Å²) >= 11 is 9.33. The van der Waals surface area contributed by atoms with E-state index in [-0.39, 0.29) is 0 Å². The van der Waals surface area contributed by atoms with E-state index in [0.29, 0.717) is 0 Å². The second kappa shape index (κ2) is 5.56. The maximum absolute atomic E-state index is 5.84. The van der Waals surface area contributed by atoms with Gasteiger partial charge in [0.15, 0.2) is 0 Å². The lowest BCUT2D eigenvalue weighted by Gasteiger charge is -2.08. The Labute approximate surface area is 115 Å². The first-order valence-corrected chi connectivity index (χ1v) is 6.57. The van der Waals surface area contributed by atoms with Gasteiger partial charge in [0, 0.05) is 21.7 Å². The zero-order valence-corrected chi connectivity index (χ0v) is 11.8. The van der Waals surface area contributed by atoms with Crippen LogP contribution in [-0.2, 0) is 6.54 Å². The molecule has 17 heavy (non-hydrogen) atoms. The van der Waals surface area contributed by atoms with Gasteiger partial charge in [0.2, 0.25) is 0 Å². The van der Waals surface area contributed by atoms with E-state index in [2.05, 4.69) is 46.4 Å². The molecule has 1 N–H and O–H groups in total. The summed E-state index contributed by atoms with van der Waals surface area (Å²) in [6.45, 7) is 2.88. The van der Waals surface area contributed by atoms with Crippen molar-refractivity contribution in [1.29, 1.82) is 0 Å². The van der Waals surface area contributed by atoms with Crippen LogP contribution in [0.3, 0.4) is 0 Å². The molecule has 0 fully saturated rings. The summed E-state index contributed by atoms with van der Waals surface area (Å²) in [7, 11) is 0. The van der Waals surface area contributed by atoms with Crippen molar-refractivity contribution in [3.05, 3.63) is 63.1 Å². The Morgan fingerprint density at radius 1 is 1.12 bits per heavy atom. The molecule has 0 aliphatic carbocycles. The van der Waals surface area contributed by atoms with Crippen molar-refractivity contribution >= 4 is 33.2 Å². The lowest BCUT2D eigenvalue weighted by Crippen LogP contribution is -1.99. The van der Waals surface area contributed by atoms with Crippen LogP contribution in [0.25, 0.3) is 0 Å². The van der Waals surface area contributed by atoms with E-state index in [0.717, 1.165) is 21.7 Å². The number of halogens is 2.